The average Bonchev–Trinajstić information content (AvgIpc) is 2.51. The van der Waals surface area contributed by atoms with Crippen molar-refractivity contribution in [2.75, 3.05) is 11.9 Å². The summed E-state index contributed by atoms with van der Waals surface area (Å²) in [4.78, 5) is 16.2. The van der Waals surface area contributed by atoms with Gasteiger partial charge in [-0.25, -0.2) is 4.98 Å². The molecule has 122 valence electrons. The summed E-state index contributed by atoms with van der Waals surface area (Å²) < 4.78 is 1.05. The fraction of sp³-hybridized carbons (Fsp3) is 0.333. The van der Waals surface area contributed by atoms with E-state index in [2.05, 4.69) is 45.4 Å². The summed E-state index contributed by atoms with van der Waals surface area (Å²) in [6.45, 7) is 6.99. The highest BCUT2D eigenvalue weighted by atomic mass is 79.9. The Morgan fingerprint density at radius 1 is 1.22 bits per heavy atom. The molecule has 0 aliphatic carbocycles. The van der Waals surface area contributed by atoms with E-state index in [1.54, 1.807) is 12.3 Å². The van der Waals surface area contributed by atoms with Gasteiger partial charge in [-0.2, -0.15) is 0 Å². The van der Waals surface area contributed by atoms with Crippen LogP contribution in [0, 0.1) is 12.8 Å². The second-order valence-electron chi connectivity index (χ2n) is 5.96. The predicted octanol–water partition coefficient (Wildman–Crippen LogP) is 4.67. The van der Waals surface area contributed by atoms with Crippen molar-refractivity contribution in [1.29, 1.82) is 0 Å². The third-order valence-corrected chi connectivity index (χ3v) is 4.32. The standard InChI is InChI=1S/C18H22BrN3O/c1-12(2)8-9-20-18(23)17-7-6-15(11-21-17)22-14-5-4-13(3)16(19)10-14/h4-7,10-12,22H,8-9H2,1-3H3,(H,20,23). The Hall–Kier alpha value is -1.88. The molecule has 2 aromatic rings. The van der Waals surface area contributed by atoms with Gasteiger partial charge in [0.2, 0.25) is 0 Å². The van der Waals surface area contributed by atoms with Gasteiger partial charge in [-0.15, -0.1) is 0 Å². The number of aryl methyl sites for hydroxylation is 1. The van der Waals surface area contributed by atoms with Gasteiger partial charge >= 0.3 is 0 Å². The molecule has 0 spiro atoms. The van der Waals surface area contributed by atoms with Crippen LogP contribution in [0.3, 0.4) is 0 Å². The van der Waals surface area contributed by atoms with E-state index >= 15 is 0 Å². The molecule has 0 fully saturated rings. The van der Waals surface area contributed by atoms with E-state index in [0.717, 1.165) is 22.3 Å². The SMILES string of the molecule is Cc1ccc(Nc2ccc(C(=O)NCCC(C)C)nc2)cc1Br. The molecule has 0 atom stereocenters. The number of anilines is 2. The van der Waals surface area contributed by atoms with E-state index in [-0.39, 0.29) is 5.91 Å². The molecule has 0 radical (unpaired) electrons. The molecule has 1 amide bonds. The quantitative estimate of drug-likeness (QED) is 0.770. The Morgan fingerprint density at radius 2 is 1.96 bits per heavy atom. The molecule has 1 aromatic carbocycles. The number of aromatic nitrogens is 1. The number of pyridine rings is 1. The van der Waals surface area contributed by atoms with Gasteiger partial charge in [0.15, 0.2) is 0 Å². The molecule has 1 heterocycles. The topological polar surface area (TPSA) is 54.0 Å². The van der Waals surface area contributed by atoms with Crippen LogP contribution in [-0.2, 0) is 0 Å². The van der Waals surface area contributed by atoms with E-state index < -0.39 is 0 Å². The van der Waals surface area contributed by atoms with Crippen LogP contribution >= 0.6 is 15.9 Å². The third-order valence-electron chi connectivity index (χ3n) is 3.46. The summed E-state index contributed by atoms with van der Waals surface area (Å²) in [5.74, 6) is 0.443. The van der Waals surface area contributed by atoms with Crippen molar-refractivity contribution in [3.05, 3.63) is 52.3 Å². The van der Waals surface area contributed by atoms with Crippen LogP contribution < -0.4 is 10.6 Å². The number of hydrogen-bond acceptors (Lipinski definition) is 3. The second-order valence-corrected chi connectivity index (χ2v) is 6.81. The zero-order valence-electron chi connectivity index (χ0n) is 13.7. The normalized spacial score (nSPS) is 10.7. The summed E-state index contributed by atoms with van der Waals surface area (Å²) in [5, 5.41) is 6.16. The monoisotopic (exact) mass is 375 g/mol. The number of halogens is 1. The smallest absolute Gasteiger partial charge is 0.269 e. The van der Waals surface area contributed by atoms with E-state index in [4.69, 9.17) is 0 Å². The average molecular weight is 376 g/mol. The van der Waals surface area contributed by atoms with Crippen molar-refractivity contribution >= 4 is 33.2 Å². The van der Waals surface area contributed by atoms with Crippen LogP contribution in [-0.4, -0.2) is 17.4 Å². The van der Waals surface area contributed by atoms with Crippen molar-refractivity contribution < 1.29 is 4.79 Å². The van der Waals surface area contributed by atoms with Crippen molar-refractivity contribution in [2.45, 2.75) is 27.2 Å². The Labute approximate surface area is 145 Å². The van der Waals surface area contributed by atoms with E-state index in [9.17, 15) is 4.79 Å². The molecular weight excluding hydrogens is 354 g/mol. The van der Waals surface area contributed by atoms with Gasteiger partial charge in [0.05, 0.1) is 11.9 Å². The van der Waals surface area contributed by atoms with Crippen LogP contribution in [0.2, 0.25) is 0 Å². The second kappa shape index (κ2) is 8.11. The number of nitrogens with one attached hydrogen (secondary N) is 2. The number of carbonyl (C=O) groups is 1. The summed E-state index contributed by atoms with van der Waals surface area (Å²) in [6, 6.07) is 9.65. The molecule has 0 unspecified atom stereocenters. The van der Waals surface area contributed by atoms with Crippen LogP contribution in [0.5, 0.6) is 0 Å². The highest BCUT2D eigenvalue weighted by molar-refractivity contribution is 9.10. The summed E-state index contributed by atoms with van der Waals surface area (Å²) in [5.41, 5.74) is 3.43. The highest BCUT2D eigenvalue weighted by Gasteiger charge is 2.07. The zero-order valence-corrected chi connectivity index (χ0v) is 15.3. The van der Waals surface area contributed by atoms with Crippen molar-refractivity contribution in [3.63, 3.8) is 0 Å². The molecule has 2 N–H and O–H groups in total. The van der Waals surface area contributed by atoms with Gasteiger partial charge < -0.3 is 10.6 Å². The molecule has 0 saturated carbocycles. The zero-order chi connectivity index (χ0) is 16.8. The van der Waals surface area contributed by atoms with Crippen molar-refractivity contribution in [3.8, 4) is 0 Å². The fourth-order valence-corrected chi connectivity index (χ4v) is 2.38. The lowest BCUT2D eigenvalue weighted by atomic mass is 10.1. The number of amides is 1. The molecule has 0 saturated heterocycles. The van der Waals surface area contributed by atoms with E-state index in [1.165, 1.54) is 5.56 Å². The minimum atomic E-state index is -0.129. The van der Waals surface area contributed by atoms with Crippen LogP contribution in [0.15, 0.2) is 41.0 Å². The fourth-order valence-electron chi connectivity index (χ4n) is 2.00. The Kier molecular flexibility index (Phi) is 6.16. The molecule has 23 heavy (non-hydrogen) atoms. The molecule has 0 bridgehead atoms. The summed E-state index contributed by atoms with van der Waals surface area (Å²) >= 11 is 3.52. The minimum absolute atomic E-state index is 0.129. The summed E-state index contributed by atoms with van der Waals surface area (Å²) in [6.07, 6.45) is 2.64. The lowest BCUT2D eigenvalue weighted by Crippen LogP contribution is -2.26. The number of nitrogens with zero attached hydrogens (tertiary/aromatic N) is 1. The Bertz CT molecular complexity index is 668. The number of rotatable bonds is 6. The maximum atomic E-state index is 12.0. The molecular formula is C18H22BrN3O. The molecule has 5 heteroatoms. The first-order valence-electron chi connectivity index (χ1n) is 7.73. The first-order chi connectivity index (χ1) is 11.0. The van der Waals surface area contributed by atoms with Crippen molar-refractivity contribution in [2.24, 2.45) is 5.92 Å². The molecule has 2 rings (SSSR count). The maximum absolute atomic E-state index is 12.0. The van der Waals surface area contributed by atoms with Crippen LogP contribution in [0.1, 0.15) is 36.3 Å². The van der Waals surface area contributed by atoms with Crippen LogP contribution in [0.4, 0.5) is 11.4 Å². The van der Waals surface area contributed by atoms with Gasteiger partial charge in [0, 0.05) is 16.7 Å². The largest absolute Gasteiger partial charge is 0.354 e. The van der Waals surface area contributed by atoms with Crippen molar-refractivity contribution in [1.82, 2.24) is 10.3 Å². The number of benzene rings is 1. The maximum Gasteiger partial charge on any atom is 0.269 e. The molecule has 0 aliphatic heterocycles. The van der Waals surface area contributed by atoms with Gasteiger partial charge in [0.1, 0.15) is 5.69 Å². The third kappa shape index (κ3) is 5.36. The Balaban J connectivity index is 1.96. The van der Waals surface area contributed by atoms with Gasteiger partial charge in [0.25, 0.3) is 5.91 Å². The Morgan fingerprint density at radius 3 is 2.57 bits per heavy atom. The minimum Gasteiger partial charge on any atom is -0.354 e. The highest BCUT2D eigenvalue weighted by Crippen LogP contribution is 2.23. The first kappa shape index (κ1) is 17.5. The van der Waals surface area contributed by atoms with E-state index in [0.29, 0.717) is 18.2 Å². The lowest BCUT2D eigenvalue weighted by molar-refractivity contribution is 0.0947. The summed E-state index contributed by atoms with van der Waals surface area (Å²) in [7, 11) is 0. The molecule has 0 aliphatic rings. The number of carbonyl (C=O) groups excluding carboxylic acids is 1. The predicted molar refractivity (Wildman–Crippen MR) is 98.2 cm³/mol. The molecule has 4 nitrogen and oxygen atoms in total. The number of hydrogen-bond donors (Lipinski definition) is 2. The van der Waals surface area contributed by atoms with Gasteiger partial charge in [-0.3, -0.25) is 4.79 Å². The van der Waals surface area contributed by atoms with Gasteiger partial charge in [-0.1, -0.05) is 35.8 Å². The van der Waals surface area contributed by atoms with E-state index in [1.807, 2.05) is 31.2 Å². The lowest BCUT2D eigenvalue weighted by Gasteiger charge is -2.09. The molecule has 1 aromatic heterocycles. The van der Waals surface area contributed by atoms with Gasteiger partial charge in [-0.05, 0) is 49.1 Å². The first-order valence-corrected chi connectivity index (χ1v) is 8.52. The van der Waals surface area contributed by atoms with Crippen LogP contribution in [0.25, 0.3) is 0 Å².